The van der Waals surface area contributed by atoms with Crippen LogP contribution in [0.5, 0.6) is 5.75 Å². The fourth-order valence-corrected chi connectivity index (χ4v) is 8.16. The number of esters is 1. The summed E-state index contributed by atoms with van der Waals surface area (Å²) in [6.07, 6.45) is 1.89. The van der Waals surface area contributed by atoms with Gasteiger partial charge in [-0.15, -0.1) is 11.8 Å². The van der Waals surface area contributed by atoms with Crippen LogP contribution >= 0.6 is 11.8 Å². The number of hydrogen-bond donors (Lipinski definition) is 4. The summed E-state index contributed by atoms with van der Waals surface area (Å²) in [6, 6.07) is 13.1. The molecule has 304 valence electrons. The maximum Gasteiger partial charge on any atom is 0.307 e. The van der Waals surface area contributed by atoms with Crippen molar-refractivity contribution in [2.45, 2.75) is 115 Å². The molecular formula is C41H60ClN5O7S. The number of ether oxygens (including phenoxy) is 2. The van der Waals surface area contributed by atoms with Crippen LogP contribution in [0, 0.1) is 13.8 Å². The molecule has 2 saturated heterocycles. The highest BCUT2D eigenvalue weighted by Gasteiger charge is 2.51. The molecule has 0 aromatic heterocycles. The van der Waals surface area contributed by atoms with E-state index in [1.165, 1.54) is 40.8 Å². The van der Waals surface area contributed by atoms with E-state index in [1.807, 2.05) is 97.0 Å². The van der Waals surface area contributed by atoms with Gasteiger partial charge in [0, 0.05) is 16.7 Å². The molecule has 4 amide bonds. The van der Waals surface area contributed by atoms with Crippen molar-refractivity contribution in [2.75, 3.05) is 38.7 Å². The summed E-state index contributed by atoms with van der Waals surface area (Å²) in [5, 5.41) is 8.85. The average molecular weight is 802 g/mol. The summed E-state index contributed by atoms with van der Waals surface area (Å²) in [5.41, 5.74) is 1.98. The van der Waals surface area contributed by atoms with E-state index in [1.54, 1.807) is 0 Å². The lowest BCUT2D eigenvalue weighted by Gasteiger charge is -2.36. The van der Waals surface area contributed by atoms with E-state index in [2.05, 4.69) is 16.0 Å². The molecule has 2 aromatic carbocycles. The molecule has 55 heavy (non-hydrogen) atoms. The Morgan fingerprint density at radius 2 is 1.58 bits per heavy atom. The van der Waals surface area contributed by atoms with Gasteiger partial charge < -0.3 is 47.6 Å². The highest BCUT2D eigenvalue weighted by Crippen LogP contribution is 2.40. The molecule has 3 atom stereocenters. The van der Waals surface area contributed by atoms with Crippen LogP contribution in [-0.2, 0) is 35.1 Å². The molecule has 2 aliphatic rings. The largest absolute Gasteiger partial charge is 1.00 e. The number of hydrogen-bond acceptors (Lipinski definition) is 8. The SMILES string of the molecule is Cc1cccc(C)c1OCC(=O)N[C@@H](Cc1ccccc1)[C@H](OC(=O)CCC(=O)NCC[NH+]1CCCCC1)C(=O)N1CSC(C)(C)[C@H]1C(=O)NC(C)(C)C.[Cl-]. The predicted molar refractivity (Wildman–Crippen MR) is 210 cm³/mol. The molecule has 2 heterocycles. The van der Waals surface area contributed by atoms with Crippen molar-refractivity contribution in [3.8, 4) is 5.75 Å². The standard InChI is InChI=1S/C41H59N5O7S.ClH/c1-28-15-14-16-29(2)35(28)52-26-33(48)43-31(25-30-17-10-8-11-18-30)36(39(51)46-27-54-41(6,7)37(46)38(50)44-40(3,4)5)53-34(49)20-19-32(47)42-21-24-45-22-12-9-13-23-45;/h8,10-11,14-18,31,36-37H,9,12-13,19-27H2,1-7H3,(H,42,47)(H,43,48)(H,44,50);1H/t31-,36-,37+;/m0./s1. The van der Waals surface area contributed by atoms with E-state index in [0.29, 0.717) is 12.3 Å². The first-order chi connectivity index (χ1) is 25.5. The number of rotatable bonds is 16. The van der Waals surface area contributed by atoms with E-state index in [4.69, 9.17) is 9.47 Å². The summed E-state index contributed by atoms with van der Waals surface area (Å²) >= 11 is 1.45. The third-order valence-corrected chi connectivity index (χ3v) is 11.1. The predicted octanol–water partition coefficient (Wildman–Crippen LogP) is -0.114. The number of quaternary nitrogens is 1. The first-order valence-corrected chi connectivity index (χ1v) is 20.1. The lowest BCUT2D eigenvalue weighted by Crippen LogP contribution is -3.13. The second-order valence-electron chi connectivity index (χ2n) is 16.0. The van der Waals surface area contributed by atoms with E-state index in [0.717, 1.165) is 36.3 Å². The Labute approximate surface area is 337 Å². The Bertz CT molecular complexity index is 1590. The lowest BCUT2D eigenvalue weighted by atomic mass is 9.96. The van der Waals surface area contributed by atoms with Gasteiger partial charge in [-0.1, -0.05) is 48.5 Å². The van der Waals surface area contributed by atoms with E-state index in [9.17, 15) is 24.0 Å². The summed E-state index contributed by atoms with van der Waals surface area (Å²) < 4.78 is 11.3. The minimum absolute atomic E-state index is 0. The summed E-state index contributed by atoms with van der Waals surface area (Å²) in [6.45, 7) is 16.4. The van der Waals surface area contributed by atoms with Crippen molar-refractivity contribution in [3.63, 3.8) is 0 Å². The van der Waals surface area contributed by atoms with Gasteiger partial charge in [0.15, 0.2) is 6.61 Å². The zero-order valence-corrected chi connectivity index (χ0v) is 35.0. The Hall–Kier alpha value is -3.81. The normalized spacial score (nSPS) is 17.9. The van der Waals surface area contributed by atoms with Crippen molar-refractivity contribution in [3.05, 3.63) is 65.2 Å². The zero-order chi connectivity index (χ0) is 39.5. The number of piperidine rings is 1. The van der Waals surface area contributed by atoms with Gasteiger partial charge in [-0.2, -0.15) is 0 Å². The number of halogens is 1. The Balaban J connectivity index is 0.00000812. The van der Waals surface area contributed by atoms with Crippen LogP contribution in [0.2, 0.25) is 0 Å². The van der Waals surface area contributed by atoms with Gasteiger partial charge in [0.1, 0.15) is 11.8 Å². The molecule has 0 radical (unpaired) electrons. The summed E-state index contributed by atoms with van der Waals surface area (Å²) in [4.78, 5) is 71.3. The minimum Gasteiger partial charge on any atom is -1.00 e. The lowest BCUT2D eigenvalue weighted by molar-refractivity contribution is -0.903. The van der Waals surface area contributed by atoms with E-state index < -0.39 is 46.3 Å². The Kier molecular flexibility index (Phi) is 17.3. The van der Waals surface area contributed by atoms with Crippen LogP contribution in [0.25, 0.3) is 0 Å². The summed E-state index contributed by atoms with van der Waals surface area (Å²) in [5.74, 6) is -1.73. The Morgan fingerprint density at radius 3 is 2.22 bits per heavy atom. The molecule has 4 rings (SSSR count). The van der Waals surface area contributed by atoms with Crippen molar-refractivity contribution >= 4 is 41.4 Å². The maximum atomic E-state index is 14.8. The fraction of sp³-hybridized carbons (Fsp3) is 0.585. The molecule has 0 saturated carbocycles. The van der Waals surface area contributed by atoms with Gasteiger partial charge in [-0.3, -0.25) is 24.0 Å². The molecule has 0 aliphatic carbocycles. The summed E-state index contributed by atoms with van der Waals surface area (Å²) in [7, 11) is 0. The minimum atomic E-state index is -1.51. The molecule has 2 aromatic rings. The smallest absolute Gasteiger partial charge is 0.307 e. The molecule has 0 bridgehead atoms. The quantitative estimate of drug-likeness (QED) is 0.172. The van der Waals surface area contributed by atoms with Gasteiger partial charge in [0.2, 0.25) is 17.9 Å². The van der Waals surface area contributed by atoms with Gasteiger partial charge in [-0.25, -0.2) is 0 Å². The number of carbonyl (C=O) groups is 5. The number of carbonyl (C=O) groups excluding carboxylic acids is 5. The molecule has 14 heteroatoms. The third-order valence-electron chi connectivity index (χ3n) is 9.76. The number of amides is 4. The topological polar surface area (TPSA) is 148 Å². The fourth-order valence-electron chi connectivity index (χ4n) is 7.02. The monoisotopic (exact) mass is 801 g/mol. The van der Waals surface area contributed by atoms with Crippen LogP contribution in [0.4, 0.5) is 0 Å². The molecule has 0 spiro atoms. The highest BCUT2D eigenvalue weighted by molar-refractivity contribution is 8.00. The van der Waals surface area contributed by atoms with Crippen molar-refractivity contribution in [1.29, 1.82) is 0 Å². The first kappa shape index (κ1) is 45.6. The van der Waals surface area contributed by atoms with Gasteiger partial charge in [-0.05, 0) is 90.8 Å². The van der Waals surface area contributed by atoms with Crippen molar-refractivity contribution in [1.82, 2.24) is 20.9 Å². The molecule has 0 unspecified atom stereocenters. The highest BCUT2D eigenvalue weighted by atomic mass is 35.5. The van der Waals surface area contributed by atoms with Gasteiger partial charge in [0.05, 0.1) is 44.5 Å². The molecule has 4 N–H and O–H groups in total. The van der Waals surface area contributed by atoms with Gasteiger partial charge in [0.25, 0.3) is 11.8 Å². The number of para-hydroxylation sites is 1. The number of thioether (sulfide) groups is 1. The van der Waals surface area contributed by atoms with Crippen LogP contribution < -0.4 is 38.0 Å². The zero-order valence-electron chi connectivity index (χ0n) is 33.4. The number of nitrogens with one attached hydrogen (secondary N) is 4. The second kappa shape index (κ2) is 20.9. The molecule has 2 fully saturated rings. The maximum absolute atomic E-state index is 14.8. The van der Waals surface area contributed by atoms with Crippen molar-refractivity contribution in [2.24, 2.45) is 0 Å². The van der Waals surface area contributed by atoms with Crippen LogP contribution in [0.1, 0.15) is 83.4 Å². The van der Waals surface area contributed by atoms with E-state index in [-0.39, 0.29) is 56.0 Å². The average Bonchev–Trinajstić information content (AvgIpc) is 3.44. The number of benzene rings is 2. The first-order valence-electron chi connectivity index (χ1n) is 19.1. The third kappa shape index (κ3) is 14.0. The molecule has 12 nitrogen and oxygen atoms in total. The van der Waals surface area contributed by atoms with Crippen molar-refractivity contribution < 1.29 is 50.8 Å². The number of nitrogens with zero attached hydrogens (tertiary/aromatic N) is 1. The Morgan fingerprint density at radius 1 is 0.927 bits per heavy atom. The molecular weight excluding hydrogens is 742 g/mol. The number of aryl methyl sites for hydroxylation is 2. The van der Waals surface area contributed by atoms with Crippen LogP contribution in [-0.4, -0.2) is 102 Å². The van der Waals surface area contributed by atoms with Crippen LogP contribution in [0.15, 0.2) is 48.5 Å². The molecule has 2 aliphatic heterocycles. The number of likely N-dealkylation sites (tertiary alicyclic amines) is 1. The van der Waals surface area contributed by atoms with E-state index >= 15 is 0 Å². The van der Waals surface area contributed by atoms with Gasteiger partial charge >= 0.3 is 5.97 Å². The second-order valence-corrected chi connectivity index (χ2v) is 17.6. The van der Waals surface area contributed by atoms with Crippen LogP contribution in [0.3, 0.4) is 0 Å².